The molecule has 2 N–H and O–H groups in total. The van der Waals surface area contributed by atoms with Crippen molar-refractivity contribution >= 4 is 0 Å². The number of rotatable bonds is 4. The summed E-state index contributed by atoms with van der Waals surface area (Å²) in [6.07, 6.45) is 2.31. The summed E-state index contributed by atoms with van der Waals surface area (Å²) >= 11 is 0. The zero-order chi connectivity index (χ0) is 15.4. The van der Waals surface area contributed by atoms with Crippen molar-refractivity contribution in [2.24, 2.45) is 5.73 Å². The van der Waals surface area contributed by atoms with Crippen LogP contribution in [-0.4, -0.2) is 24.5 Å². The Hall–Kier alpha value is -1.64. The van der Waals surface area contributed by atoms with Crippen LogP contribution in [0.15, 0.2) is 54.6 Å². The first-order valence-electron chi connectivity index (χ1n) is 8.25. The Bertz CT molecular complexity index is 598. The second-order valence-corrected chi connectivity index (χ2v) is 6.62. The lowest BCUT2D eigenvalue weighted by atomic mass is 9.72. The average molecular weight is 294 g/mol. The molecule has 0 aromatic heterocycles. The number of nitrogens with two attached hydrogens (primary N) is 1. The fourth-order valence-electron chi connectivity index (χ4n) is 3.57. The smallest absolute Gasteiger partial charge is 0.0233 e. The number of piperidine rings is 1. The van der Waals surface area contributed by atoms with Gasteiger partial charge in [-0.1, -0.05) is 60.2 Å². The van der Waals surface area contributed by atoms with E-state index in [1.54, 1.807) is 0 Å². The van der Waals surface area contributed by atoms with Gasteiger partial charge in [-0.25, -0.2) is 0 Å². The van der Waals surface area contributed by atoms with Crippen LogP contribution in [0.4, 0.5) is 0 Å². The van der Waals surface area contributed by atoms with Crippen molar-refractivity contribution in [1.29, 1.82) is 0 Å². The Morgan fingerprint density at radius 3 is 2.36 bits per heavy atom. The van der Waals surface area contributed by atoms with Gasteiger partial charge in [-0.3, -0.25) is 4.90 Å². The summed E-state index contributed by atoms with van der Waals surface area (Å²) < 4.78 is 0. The highest BCUT2D eigenvalue weighted by atomic mass is 15.1. The van der Waals surface area contributed by atoms with Crippen molar-refractivity contribution < 1.29 is 0 Å². The fourth-order valence-corrected chi connectivity index (χ4v) is 3.57. The van der Waals surface area contributed by atoms with Crippen LogP contribution in [0.2, 0.25) is 0 Å². The van der Waals surface area contributed by atoms with Gasteiger partial charge in [0.25, 0.3) is 0 Å². The van der Waals surface area contributed by atoms with Crippen molar-refractivity contribution in [2.45, 2.75) is 31.7 Å². The molecule has 1 aliphatic rings. The first kappa shape index (κ1) is 15.3. The van der Waals surface area contributed by atoms with Crippen molar-refractivity contribution in [3.05, 3.63) is 71.3 Å². The minimum atomic E-state index is 0.166. The van der Waals surface area contributed by atoms with Gasteiger partial charge in [-0.2, -0.15) is 0 Å². The molecule has 1 fully saturated rings. The molecule has 2 aromatic rings. The SMILES string of the molecule is Cc1cccc(C2(CN)CCN(Cc3ccccc3)CC2)c1. The third-order valence-corrected chi connectivity index (χ3v) is 5.08. The van der Waals surface area contributed by atoms with Gasteiger partial charge in [0.05, 0.1) is 0 Å². The fraction of sp³-hybridized carbons (Fsp3) is 0.400. The predicted octanol–water partition coefficient (Wildman–Crippen LogP) is 3.49. The van der Waals surface area contributed by atoms with Crippen molar-refractivity contribution in [3.8, 4) is 0 Å². The molecule has 1 saturated heterocycles. The standard InChI is InChI=1S/C20H26N2/c1-17-6-5-9-19(14-17)20(16-21)10-12-22(13-11-20)15-18-7-3-2-4-8-18/h2-9,14H,10-13,15-16,21H2,1H3. The molecule has 22 heavy (non-hydrogen) atoms. The van der Waals surface area contributed by atoms with Crippen LogP contribution < -0.4 is 5.73 Å². The van der Waals surface area contributed by atoms with E-state index >= 15 is 0 Å². The molecule has 2 heteroatoms. The van der Waals surface area contributed by atoms with Crippen molar-refractivity contribution in [3.63, 3.8) is 0 Å². The summed E-state index contributed by atoms with van der Waals surface area (Å²) in [6.45, 7) is 6.21. The maximum Gasteiger partial charge on any atom is 0.0233 e. The molecular weight excluding hydrogens is 268 g/mol. The summed E-state index contributed by atoms with van der Waals surface area (Å²) in [5.41, 5.74) is 10.5. The molecule has 1 aliphatic heterocycles. The van der Waals surface area contributed by atoms with Gasteiger partial charge in [0.1, 0.15) is 0 Å². The highest BCUT2D eigenvalue weighted by molar-refractivity contribution is 5.31. The van der Waals surface area contributed by atoms with E-state index in [1.165, 1.54) is 16.7 Å². The summed E-state index contributed by atoms with van der Waals surface area (Å²) in [5.74, 6) is 0. The van der Waals surface area contributed by atoms with Crippen LogP contribution in [-0.2, 0) is 12.0 Å². The van der Waals surface area contributed by atoms with E-state index in [4.69, 9.17) is 5.73 Å². The monoisotopic (exact) mass is 294 g/mol. The van der Waals surface area contributed by atoms with Crippen molar-refractivity contribution in [1.82, 2.24) is 4.90 Å². The molecule has 3 rings (SSSR count). The minimum absolute atomic E-state index is 0.166. The van der Waals surface area contributed by atoms with Gasteiger partial charge < -0.3 is 5.73 Å². The van der Waals surface area contributed by atoms with E-state index in [0.717, 1.165) is 39.0 Å². The first-order valence-corrected chi connectivity index (χ1v) is 8.25. The summed E-state index contributed by atoms with van der Waals surface area (Å²) in [4.78, 5) is 2.55. The maximum atomic E-state index is 6.20. The average Bonchev–Trinajstić information content (AvgIpc) is 2.57. The van der Waals surface area contributed by atoms with E-state index in [-0.39, 0.29) is 5.41 Å². The Balaban J connectivity index is 1.69. The Morgan fingerprint density at radius 2 is 1.73 bits per heavy atom. The molecule has 2 aromatic carbocycles. The van der Waals surface area contributed by atoms with E-state index in [1.807, 2.05) is 0 Å². The molecule has 0 bridgehead atoms. The molecule has 0 spiro atoms. The molecule has 2 nitrogen and oxygen atoms in total. The molecule has 0 saturated carbocycles. The zero-order valence-electron chi connectivity index (χ0n) is 13.5. The highest BCUT2D eigenvalue weighted by Gasteiger charge is 2.34. The Kier molecular flexibility index (Phi) is 4.60. The lowest BCUT2D eigenvalue weighted by molar-refractivity contribution is 0.156. The number of nitrogens with zero attached hydrogens (tertiary/aromatic N) is 1. The second kappa shape index (κ2) is 6.64. The van der Waals surface area contributed by atoms with Gasteiger partial charge in [-0.05, 0) is 44.0 Å². The van der Waals surface area contributed by atoms with Crippen LogP contribution >= 0.6 is 0 Å². The summed E-state index contributed by atoms with van der Waals surface area (Å²) in [5, 5.41) is 0. The number of likely N-dealkylation sites (tertiary alicyclic amines) is 1. The van der Waals surface area contributed by atoms with Gasteiger partial charge >= 0.3 is 0 Å². The Labute approximate surface area is 134 Å². The van der Waals surface area contributed by atoms with Crippen LogP contribution in [0.5, 0.6) is 0 Å². The third-order valence-electron chi connectivity index (χ3n) is 5.08. The molecule has 1 heterocycles. The van der Waals surface area contributed by atoms with Crippen LogP contribution in [0.25, 0.3) is 0 Å². The molecule has 0 radical (unpaired) electrons. The number of aryl methyl sites for hydroxylation is 1. The summed E-state index contributed by atoms with van der Waals surface area (Å²) in [7, 11) is 0. The van der Waals surface area contributed by atoms with Gasteiger partial charge in [0, 0.05) is 18.5 Å². The quantitative estimate of drug-likeness (QED) is 0.935. The molecule has 0 atom stereocenters. The number of hydrogen-bond donors (Lipinski definition) is 1. The topological polar surface area (TPSA) is 29.3 Å². The normalized spacial score (nSPS) is 18.3. The third kappa shape index (κ3) is 3.23. The van der Waals surface area contributed by atoms with E-state index in [0.29, 0.717) is 0 Å². The first-order chi connectivity index (χ1) is 10.7. The Morgan fingerprint density at radius 1 is 1.00 bits per heavy atom. The van der Waals surface area contributed by atoms with Crippen LogP contribution in [0, 0.1) is 6.92 Å². The molecule has 116 valence electrons. The van der Waals surface area contributed by atoms with Gasteiger partial charge in [0.15, 0.2) is 0 Å². The zero-order valence-corrected chi connectivity index (χ0v) is 13.5. The lowest BCUT2D eigenvalue weighted by Gasteiger charge is -2.42. The van der Waals surface area contributed by atoms with Gasteiger partial charge in [-0.15, -0.1) is 0 Å². The highest BCUT2D eigenvalue weighted by Crippen LogP contribution is 2.35. The van der Waals surface area contributed by atoms with Crippen molar-refractivity contribution in [2.75, 3.05) is 19.6 Å². The molecule has 0 amide bonds. The van der Waals surface area contributed by atoms with Gasteiger partial charge in [0.2, 0.25) is 0 Å². The number of benzene rings is 2. The lowest BCUT2D eigenvalue weighted by Crippen LogP contribution is -2.46. The predicted molar refractivity (Wildman–Crippen MR) is 92.9 cm³/mol. The maximum absolute atomic E-state index is 6.20. The molecule has 0 aliphatic carbocycles. The largest absolute Gasteiger partial charge is 0.330 e. The number of hydrogen-bond acceptors (Lipinski definition) is 2. The van der Waals surface area contributed by atoms with Crippen LogP contribution in [0.3, 0.4) is 0 Å². The summed E-state index contributed by atoms with van der Waals surface area (Å²) in [6, 6.07) is 19.7. The van der Waals surface area contributed by atoms with E-state index in [9.17, 15) is 0 Å². The second-order valence-electron chi connectivity index (χ2n) is 6.62. The minimum Gasteiger partial charge on any atom is -0.330 e. The molecular formula is C20H26N2. The molecule has 0 unspecified atom stereocenters. The van der Waals surface area contributed by atoms with Crippen LogP contribution in [0.1, 0.15) is 29.5 Å². The van der Waals surface area contributed by atoms with E-state index < -0.39 is 0 Å². The van der Waals surface area contributed by atoms with E-state index in [2.05, 4.69) is 66.4 Å².